The highest BCUT2D eigenvalue weighted by Gasteiger charge is 2.09. The van der Waals surface area contributed by atoms with E-state index in [1.807, 2.05) is 30.3 Å². The van der Waals surface area contributed by atoms with Gasteiger partial charge in [0.2, 0.25) is 11.0 Å². The molecule has 0 atom stereocenters. The fourth-order valence-electron chi connectivity index (χ4n) is 2.32. The van der Waals surface area contributed by atoms with Crippen LogP contribution < -0.4 is 5.32 Å². The van der Waals surface area contributed by atoms with Crippen LogP contribution in [0.5, 0.6) is 0 Å². The third-order valence-corrected chi connectivity index (χ3v) is 6.50. The molecule has 3 heterocycles. The molecule has 5 nitrogen and oxygen atoms in total. The molecule has 0 aliphatic rings. The Morgan fingerprint density at radius 3 is 2.85 bits per heavy atom. The van der Waals surface area contributed by atoms with Crippen LogP contribution in [-0.2, 0) is 12.2 Å². The number of hydrogen-bond acceptors (Lipinski definition) is 8. The predicted octanol–water partition coefficient (Wildman–Crippen LogP) is 5.20. The molecule has 0 fully saturated rings. The second-order valence-corrected chi connectivity index (χ2v) is 8.63. The summed E-state index contributed by atoms with van der Waals surface area (Å²) < 4.78 is 6.72. The Morgan fingerprint density at radius 1 is 1.08 bits per heavy atom. The number of aromatic nitrogens is 3. The molecule has 0 saturated heterocycles. The zero-order valence-electron chi connectivity index (χ0n) is 13.8. The minimum Gasteiger partial charge on any atom is -0.440 e. The van der Waals surface area contributed by atoms with Crippen LogP contribution in [0.2, 0.25) is 0 Å². The Labute approximate surface area is 163 Å². The average molecular weight is 401 g/mol. The number of nitrogens with zero attached hydrogens (tertiary/aromatic N) is 3. The molecule has 26 heavy (non-hydrogen) atoms. The summed E-state index contributed by atoms with van der Waals surface area (Å²) in [7, 11) is 0. The van der Waals surface area contributed by atoms with E-state index in [9.17, 15) is 0 Å². The van der Waals surface area contributed by atoms with E-state index >= 15 is 0 Å². The molecule has 1 aromatic carbocycles. The van der Waals surface area contributed by atoms with Crippen molar-refractivity contribution in [3.05, 3.63) is 64.8 Å². The van der Waals surface area contributed by atoms with Crippen molar-refractivity contribution in [1.29, 1.82) is 0 Å². The Bertz CT molecular complexity index is 934. The lowest BCUT2D eigenvalue weighted by atomic mass is 10.2. The molecule has 0 radical (unpaired) electrons. The number of thioether (sulfide) groups is 1. The molecule has 8 heteroatoms. The lowest BCUT2D eigenvalue weighted by Gasteiger charge is -1.99. The van der Waals surface area contributed by atoms with Crippen molar-refractivity contribution in [2.24, 2.45) is 0 Å². The van der Waals surface area contributed by atoms with E-state index in [0.717, 1.165) is 33.8 Å². The van der Waals surface area contributed by atoms with Crippen LogP contribution >= 0.6 is 34.4 Å². The molecule has 1 N–H and O–H groups in total. The number of thiophene rings is 1. The summed E-state index contributed by atoms with van der Waals surface area (Å²) in [5, 5.41) is 14.7. The second kappa shape index (κ2) is 8.48. The molecule has 0 saturated carbocycles. The quantitative estimate of drug-likeness (QED) is 0.410. The monoisotopic (exact) mass is 400 g/mol. The maximum atomic E-state index is 5.81. The van der Waals surface area contributed by atoms with Crippen LogP contribution in [0.1, 0.15) is 10.8 Å². The number of hydrogen-bond donors (Lipinski definition) is 1. The highest BCUT2D eigenvalue weighted by molar-refractivity contribution is 8.00. The number of rotatable bonds is 8. The molecule has 0 bridgehead atoms. The van der Waals surface area contributed by atoms with Gasteiger partial charge in [0.15, 0.2) is 10.1 Å². The highest BCUT2D eigenvalue weighted by Crippen LogP contribution is 2.29. The molecule has 0 amide bonds. The topological polar surface area (TPSA) is 63.8 Å². The van der Waals surface area contributed by atoms with Gasteiger partial charge in [0.25, 0.3) is 0 Å². The van der Waals surface area contributed by atoms with Gasteiger partial charge in [0.05, 0.1) is 11.9 Å². The van der Waals surface area contributed by atoms with Crippen LogP contribution in [0.4, 0.5) is 5.13 Å². The molecule has 0 unspecified atom stereocenters. The second-order valence-electron chi connectivity index (χ2n) is 5.40. The molecule has 3 aromatic heterocycles. The summed E-state index contributed by atoms with van der Waals surface area (Å²) in [6.07, 6.45) is 2.77. The smallest absolute Gasteiger partial charge is 0.206 e. The third kappa shape index (κ3) is 4.51. The first-order valence-electron chi connectivity index (χ1n) is 8.09. The summed E-state index contributed by atoms with van der Waals surface area (Å²) >= 11 is 4.92. The van der Waals surface area contributed by atoms with Crippen molar-refractivity contribution < 1.29 is 4.42 Å². The van der Waals surface area contributed by atoms with Crippen molar-refractivity contribution in [3.8, 4) is 11.3 Å². The summed E-state index contributed by atoms with van der Waals surface area (Å²) in [5.74, 6) is 2.11. The summed E-state index contributed by atoms with van der Waals surface area (Å²) in [6, 6.07) is 14.2. The van der Waals surface area contributed by atoms with Gasteiger partial charge >= 0.3 is 0 Å². The lowest BCUT2D eigenvalue weighted by molar-refractivity contribution is 0.530. The van der Waals surface area contributed by atoms with Crippen LogP contribution in [0, 0.1) is 0 Å². The average Bonchev–Trinajstić information content (AvgIpc) is 3.43. The molecule has 132 valence electrons. The van der Waals surface area contributed by atoms with Crippen molar-refractivity contribution in [1.82, 2.24) is 15.2 Å². The molecular formula is C18H16N4OS3. The van der Waals surface area contributed by atoms with Crippen molar-refractivity contribution in [3.63, 3.8) is 0 Å². The maximum Gasteiger partial charge on any atom is 0.206 e. The SMILES string of the molecule is c1ccc(-c2cnc(CSc3nnc(NCCc4cccs4)s3)o2)cc1. The molecule has 4 rings (SSSR count). The van der Waals surface area contributed by atoms with E-state index in [1.54, 1.807) is 40.6 Å². The van der Waals surface area contributed by atoms with Crippen LogP contribution in [-0.4, -0.2) is 21.7 Å². The van der Waals surface area contributed by atoms with Crippen LogP contribution in [0.3, 0.4) is 0 Å². The minimum atomic E-state index is 0.636. The zero-order chi connectivity index (χ0) is 17.6. The summed E-state index contributed by atoms with van der Waals surface area (Å²) in [6.45, 7) is 0.861. The number of nitrogens with one attached hydrogen (secondary N) is 1. The van der Waals surface area contributed by atoms with E-state index < -0.39 is 0 Å². The van der Waals surface area contributed by atoms with Gasteiger partial charge in [-0.3, -0.25) is 0 Å². The molecule has 0 aliphatic carbocycles. The van der Waals surface area contributed by atoms with Crippen molar-refractivity contribution >= 4 is 39.6 Å². The van der Waals surface area contributed by atoms with Gasteiger partial charge in [-0.2, -0.15) is 0 Å². The Balaban J connectivity index is 1.27. The Morgan fingerprint density at radius 2 is 2.00 bits per heavy atom. The summed E-state index contributed by atoms with van der Waals surface area (Å²) in [5.41, 5.74) is 1.03. The summed E-state index contributed by atoms with van der Waals surface area (Å²) in [4.78, 5) is 5.72. The Kier molecular flexibility index (Phi) is 5.63. The van der Waals surface area contributed by atoms with Gasteiger partial charge in [0, 0.05) is 17.0 Å². The van der Waals surface area contributed by atoms with E-state index in [0.29, 0.717) is 11.6 Å². The molecule has 4 aromatic rings. The van der Waals surface area contributed by atoms with Gasteiger partial charge in [-0.25, -0.2) is 4.98 Å². The van der Waals surface area contributed by atoms with Gasteiger partial charge in [-0.05, 0) is 17.9 Å². The lowest BCUT2D eigenvalue weighted by Crippen LogP contribution is -2.03. The van der Waals surface area contributed by atoms with Crippen molar-refractivity contribution in [2.45, 2.75) is 16.5 Å². The normalized spacial score (nSPS) is 10.9. The first-order valence-corrected chi connectivity index (χ1v) is 10.8. The van der Waals surface area contributed by atoms with E-state index in [-0.39, 0.29) is 0 Å². The largest absolute Gasteiger partial charge is 0.440 e. The van der Waals surface area contributed by atoms with Gasteiger partial charge in [0.1, 0.15) is 0 Å². The molecule has 0 aliphatic heterocycles. The standard InChI is InChI=1S/C18H16N4OS3/c1-2-5-13(6-3-1)15-11-20-16(23-15)12-25-18-22-21-17(26-18)19-9-8-14-7-4-10-24-14/h1-7,10-11H,8-9,12H2,(H,19,21). The van der Waals surface area contributed by atoms with Gasteiger partial charge < -0.3 is 9.73 Å². The zero-order valence-corrected chi connectivity index (χ0v) is 16.2. The number of anilines is 1. The van der Waals surface area contributed by atoms with E-state index in [2.05, 4.69) is 38.0 Å². The van der Waals surface area contributed by atoms with Gasteiger partial charge in [-0.15, -0.1) is 21.5 Å². The van der Waals surface area contributed by atoms with E-state index in [1.165, 1.54) is 4.88 Å². The fourth-order valence-corrected chi connectivity index (χ4v) is 4.66. The number of oxazole rings is 1. The van der Waals surface area contributed by atoms with Crippen molar-refractivity contribution in [2.75, 3.05) is 11.9 Å². The first-order chi connectivity index (χ1) is 12.9. The Hall–Kier alpha value is -2.16. The van der Waals surface area contributed by atoms with Gasteiger partial charge in [-0.1, -0.05) is 59.5 Å². The minimum absolute atomic E-state index is 0.636. The number of benzene rings is 1. The fraction of sp³-hybridized carbons (Fsp3) is 0.167. The van der Waals surface area contributed by atoms with Crippen LogP contribution in [0.15, 0.2) is 62.8 Å². The maximum absolute atomic E-state index is 5.81. The first kappa shape index (κ1) is 17.3. The highest BCUT2D eigenvalue weighted by atomic mass is 32.2. The van der Waals surface area contributed by atoms with Crippen LogP contribution in [0.25, 0.3) is 11.3 Å². The molecule has 0 spiro atoms. The third-order valence-electron chi connectivity index (χ3n) is 3.57. The molecular weight excluding hydrogens is 384 g/mol. The predicted molar refractivity (Wildman–Crippen MR) is 108 cm³/mol. The van der Waals surface area contributed by atoms with E-state index in [4.69, 9.17) is 4.42 Å².